The highest BCUT2D eigenvalue weighted by Gasteiger charge is 2.25. The number of amides is 1. The Balaban J connectivity index is 2.24. The molecule has 4 heteroatoms. The first kappa shape index (κ1) is 11.0. The third-order valence-electron chi connectivity index (χ3n) is 3.05. The standard InChI is InChI=1S/C12H16N2O2/c1-8-10(3-2-4-11(8)15)12(16)14-6-5-9(13)7-14/h2-4,9,15H,5-7,13H2,1H3. The Morgan fingerprint density at radius 1 is 1.56 bits per heavy atom. The van der Waals surface area contributed by atoms with Gasteiger partial charge in [-0.25, -0.2) is 0 Å². The number of carbonyl (C=O) groups excluding carboxylic acids is 1. The van der Waals surface area contributed by atoms with Crippen LogP contribution in [-0.4, -0.2) is 35.0 Å². The number of likely N-dealkylation sites (tertiary alicyclic amines) is 1. The average Bonchev–Trinajstić information content (AvgIpc) is 2.68. The Hall–Kier alpha value is -1.55. The van der Waals surface area contributed by atoms with Gasteiger partial charge < -0.3 is 15.7 Å². The summed E-state index contributed by atoms with van der Waals surface area (Å²) in [6.07, 6.45) is 0.851. The number of rotatable bonds is 1. The molecule has 0 spiro atoms. The van der Waals surface area contributed by atoms with Gasteiger partial charge in [-0.15, -0.1) is 0 Å². The summed E-state index contributed by atoms with van der Waals surface area (Å²) in [4.78, 5) is 13.9. The molecule has 2 rings (SSSR count). The van der Waals surface area contributed by atoms with Gasteiger partial charge in [0, 0.05) is 30.3 Å². The van der Waals surface area contributed by atoms with E-state index >= 15 is 0 Å². The number of phenols is 1. The summed E-state index contributed by atoms with van der Waals surface area (Å²) in [5, 5.41) is 9.55. The zero-order chi connectivity index (χ0) is 11.7. The molecule has 1 saturated heterocycles. The van der Waals surface area contributed by atoms with Gasteiger partial charge in [-0.05, 0) is 25.5 Å². The first-order valence-electron chi connectivity index (χ1n) is 5.43. The van der Waals surface area contributed by atoms with Crippen molar-refractivity contribution in [3.8, 4) is 5.75 Å². The predicted octanol–water partition coefficient (Wildman–Crippen LogP) is 0.874. The lowest BCUT2D eigenvalue weighted by Crippen LogP contribution is -2.32. The zero-order valence-electron chi connectivity index (χ0n) is 9.31. The lowest BCUT2D eigenvalue weighted by Gasteiger charge is -2.17. The summed E-state index contributed by atoms with van der Waals surface area (Å²) in [5.41, 5.74) is 6.96. The lowest BCUT2D eigenvalue weighted by atomic mass is 10.1. The van der Waals surface area contributed by atoms with Gasteiger partial charge in [0.15, 0.2) is 0 Å². The summed E-state index contributed by atoms with van der Waals surface area (Å²) >= 11 is 0. The molecule has 1 aromatic rings. The number of hydrogen-bond donors (Lipinski definition) is 2. The smallest absolute Gasteiger partial charge is 0.254 e. The fourth-order valence-corrected chi connectivity index (χ4v) is 2.00. The van der Waals surface area contributed by atoms with Crippen LogP contribution >= 0.6 is 0 Å². The molecular weight excluding hydrogens is 204 g/mol. The minimum absolute atomic E-state index is 0.0404. The number of hydrogen-bond acceptors (Lipinski definition) is 3. The summed E-state index contributed by atoms with van der Waals surface area (Å²) in [6.45, 7) is 3.06. The molecular formula is C12H16N2O2. The fourth-order valence-electron chi connectivity index (χ4n) is 2.00. The maximum absolute atomic E-state index is 12.1. The third-order valence-corrected chi connectivity index (χ3v) is 3.05. The molecule has 0 aromatic heterocycles. The van der Waals surface area contributed by atoms with Crippen molar-refractivity contribution >= 4 is 5.91 Å². The van der Waals surface area contributed by atoms with Gasteiger partial charge in [-0.1, -0.05) is 6.07 Å². The van der Waals surface area contributed by atoms with Crippen LogP contribution in [0.2, 0.25) is 0 Å². The summed E-state index contributed by atoms with van der Waals surface area (Å²) < 4.78 is 0. The van der Waals surface area contributed by atoms with Crippen molar-refractivity contribution < 1.29 is 9.90 Å². The van der Waals surface area contributed by atoms with E-state index in [4.69, 9.17) is 5.73 Å². The molecule has 16 heavy (non-hydrogen) atoms. The molecule has 1 aliphatic rings. The van der Waals surface area contributed by atoms with Crippen LogP contribution < -0.4 is 5.73 Å². The second kappa shape index (κ2) is 4.14. The Kier molecular flexibility index (Phi) is 2.83. The molecule has 0 bridgehead atoms. The SMILES string of the molecule is Cc1c(O)cccc1C(=O)N1CCC(N)C1. The van der Waals surface area contributed by atoms with E-state index in [0.29, 0.717) is 24.2 Å². The number of nitrogens with zero attached hydrogens (tertiary/aromatic N) is 1. The van der Waals surface area contributed by atoms with Gasteiger partial charge in [0.25, 0.3) is 5.91 Å². The molecule has 86 valence electrons. The first-order valence-corrected chi connectivity index (χ1v) is 5.43. The quantitative estimate of drug-likeness (QED) is 0.738. The van der Waals surface area contributed by atoms with E-state index in [-0.39, 0.29) is 17.7 Å². The van der Waals surface area contributed by atoms with Crippen molar-refractivity contribution in [2.24, 2.45) is 5.73 Å². The van der Waals surface area contributed by atoms with Crippen LogP contribution in [0.4, 0.5) is 0 Å². The monoisotopic (exact) mass is 220 g/mol. The number of phenolic OH excluding ortho intramolecular Hbond substituents is 1. The molecule has 1 aliphatic heterocycles. The molecule has 0 radical (unpaired) electrons. The van der Waals surface area contributed by atoms with E-state index in [1.54, 1.807) is 30.0 Å². The second-order valence-electron chi connectivity index (χ2n) is 4.25. The van der Waals surface area contributed by atoms with Crippen LogP contribution in [0.25, 0.3) is 0 Å². The molecule has 1 atom stereocenters. The normalized spacial score (nSPS) is 20.1. The molecule has 1 amide bonds. The van der Waals surface area contributed by atoms with Crippen molar-refractivity contribution in [1.29, 1.82) is 0 Å². The van der Waals surface area contributed by atoms with Gasteiger partial charge in [-0.3, -0.25) is 4.79 Å². The number of carbonyl (C=O) groups is 1. The minimum atomic E-state index is -0.0404. The van der Waals surface area contributed by atoms with Crippen LogP contribution in [0.5, 0.6) is 5.75 Å². The highest BCUT2D eigenvalue weighted by molar-refractivity contribution is 5.96. The number of benzene rings is 1. The minimum Gasteiger partial charge on any atom is -0.508 e. The zero-order valence-corrected chi connectivity index (χ0v) is 9.31. The second-order valence-corrected chi connectivity index (χ2v) is 4.25. The molecule has 0 aliphatic carbocycles. The average molecular weight is 220 g/mol. The van der Waals surface area contributed by atoms with Gasteiger partial charge in [0.05, 0.1) is 0 Å². The first-order chi connectivity index (χ1) is 7.59. The lowest BCUT2D eigenvalue weighted by molar-refractivity contribution is 0.0789. The fraction of sp³-hybridized carbons (Fsp3) is 0.417. The molecule has 4 nitrogen and oxygen atoms in total. The Morgan fingerprint density at radius 3 is 2.94 bits per heavy atom. The van der Waals surface area contributed by atoms with Crippen LogP contribution in [-0.2, 0) is 0 Å². The van der Waals surface area contributed by atoms with Gasteiger partial charge in [0.1, 0.15) is 5.75 Å². The highest BCUT2D eigenvalue weighted by Crippen LogP contribution is 2.22. The van der Waals surface area contributed by atoms with Gasteiger partial charge in [0.2, 0.25) is 0 Å². The molecule has 1 unspecified atom stereocenters. The van der Waals surface area contributed by atoms with Crippen LogP contribution in [0, 0.1) is 6.92 Å². The Morgan fingerprint density at radius 2 is 2.31 bits per heavy atom. The van der Waals surface area contributed by atoms with E-state index in [0.717, 1.165) is 6.42 Å². The van der Waals surface area contributed by atoms with E-state index in [1.807, 2.05) is 0 Å². The van der Waals surface area contributed by atoms with E-state index in [9.17, 15) is 9.90 Å². The van der Waals surface area contributed by atoms with E-state index in [2.05, 4.69) is 0 Å². The maximum Gasteiger partial charge on any atom is 0.254 e. The predicted molar refractivity (Wildman–Crippen MR) is 61.3 cm³/mol. The summed E-state index contributed by atoms with van der Waals surface area (Å²) in [7, 11) is 0. The molecule has 1 aromatic carbocycles. The largest absolute Gasteiger partial charge is 0.508 e. The van der Waals surface area contributed by atoms with E-state index in [1.165, 1.54) is 0 Å². The molecule has 1 fully saturated rings. The van der Waals surface area contributed by atoms with Crippen molar-refractivity contribution in [3.05, 3.63) is 29.3 Å². The van der Waals surface area contributed by atoms with Crippen LogP contribution in [0.15, 0.2) is 18.2 Å². The van der Waals surface area contributed by atoms with Crippen molar-refractivity contribution in [2.45, 2.75) is 19.4 Å². The Labute approximate surface area is 94.7 Å². The molecule has 3 N–H and O–H groups in total. The summed E-state index contributed by atoms with van der Waals surface area (Å²) in [5.74, 6) is 0.121. The van der Waals surface area contributed by atoms with Crippen molar-refractivity contribution in [3.63, 3.8) is 0 Å². The summed E-state index contributed by atoms with van der Waals surface area (Å²) in [6, 6.07) is 5.09. The van der Waals surface area contributed by atoms with Crippen LogP contribution in [0.1, 0.15) is 22.3 Å². The Bertz CT molecular complexity index is 417. The topological polar surface area (TPSA) is 66.6 Å². The molecule has 0 saturated carbocycles. The third kappa shape index (κ3) is 1.88. The van der Waals surface area contributed by atoms with Crippen LogP contribution in [0.3, 0.4) is 0 Å². The van der Waals surface area contributed by atoms with Crippen molar-refractivity contribution in [2.75, 3.05) is 13.1 Å². The number of aromatic hydroxyl groups is 1. The molecule has 1 heterocycles. The number of nitrogens with two attached hydrogens (primary N) is 1. The van der Waals surface area contributed by atoms with E-state index < -0.39 is 0 Å². The van der Waals surface area contributed by atoms with Gasteiger partial charge in [-0.2, -0.15) is 0 Å². The highest BCUT2D eigenvalue weighted by atomic mass is 16.3. The maximum atomic E-state index is 12.1. The van der Waals surface area contributed by atoms with Gasteiger partial charge >= 0.3 is 0 Å². The van der Waals surface area contributed by atoms with Crippen molar-refractivity contribution in [1.82, 2.24) is 4.90 Å².